The Balaban J connectivity index is 2.44. The molecule has 80 valence electrons. The van der Waals surface area contributed by atoms with Gasteiger partial charge >= 0.3 is 5.97 Å². The predicted molar refractivity (Wildman–Crippen MR) is 48.2 cm³/mol. The van der Waals surface area contributed by atoms with Crippen LogP contribution in [0.2, 0.25) is 0 Å². The maximum atomic E-state index is 13.4. The summed E-state index contributed by atoms with van der Waals surface area (Å²) >= 11 is 0. The summed E-state index contributed by atoms with van der Waals surface area (Å²) in [6, 6.07) is 2.46. The summed E-state index contributed by atoms with van der Waals surface area (Å²) in [6.07, 6.45) is -1.22. The summed E-state index contributed by atoms with van der Waals surface area (Å²) in [7, 11) is 0. The number of aliphatic hydroxyl groups is 1. The molecule has 0 amide bonds. The summed E-state index contributed by atoms with van der Waals surface area (Å²) < 4.78 is 18.5. The van der Waals surface area contributed by atoms with E-state index in [1.807, 2.05) is 0 Å². The molecule has 1 unspecified atom stereocenters. The van der Waals surface area contributed by atoms with Crippen molar-refractivity contribution in [1.29, 1.82) is 0 Å². The quantitative estimate of drug-likeness (QED) is 0.763. The van der Waals surface area contributed by atoms with Crippen molar-refractivity contribution in [3.8, 4) is 5.75 Å². The molecule has 5 heteroatoms. The molecule has 0 radical (unpaired) electrons. The average molecular weight is 212 g/mol. The smallest absolute Gasteiger partial charge is 0.337 e. The van der Waals surface area contributed by atoms with E-state index in [0.29, 0.717) is 18.8 Å². The number of hydrogen-bond acceptors (Lipinski definition) is 3. The summed E-state index contributed by atoms with van der Waals surface area (Å²) in [5.74, 6) is -1.80. The molecule has 2 N–H and O–H groups in total. The molecule has 1 aliphatic heterocycles. The van der Waals surface area contributed by atoms with Crippen LogP contribution in [0, 0.1) is 5.82 Å². The first kappa shape index (κ1) is 9.92. The monoisotopic (exact) mass is 212 g/mol. The number of halogens is 1. The number of rotatable bonds is 2. The number of hydrogen-bond donors (Lipinski definition) is 2. The molecule has 1 aromatic rings. The van der Waals surface area contributed by atoms with E-state index in [0.717, 1.165) is 11.6 Å². The summed E-state index contributed by atoms with van der Waals surface area (Å²) in [5, 5.41) is 17.8. The minimum atomic E-state index is -1.82. The Hall–Kier alpha value is -1.62. The highest BCUT2D eigenvalue weighted by Crippen LogP contribution is 2.30. The Labute approximate surface area is 84.9 Å². The molecule has 15 heavy (non-hydrogen) atoms. The van der Waals surface area contributed by atoms with Crippen LogP contribution in [0.3, 0.4) is 0 Å². The Morgan fingerprint density at radius 3 is 2.93 bits per heavy atom. The standard InChI is InChI=1S/C10H9FO4/c11-7-4-8-5(1-2-15-8)3-6(7)9(12)10(13)14/h3-4,9,12H,1-2H2,(H,13,14). The van der Waals surface area contributed by atoms with Crippen molar-refractivity contribution in [1.82, 2.24) is 0 Å². The van der Waals surface area contributed by atoms with Gasteiger partial charge in [0.25, 0.3) is 0 Å². The van der Waals surface area contributed by atoms with Crippen molar-refractivity contribution in [2.45, 2.75) is 12.5 Å². The number of carboxylic acid groups (broad SMARTS) is 1. The van der Waals surface area contributed by atoms with Gasteiger partial charge in [0.05, 0.1) is 6.61 Å². The van der Waals surface area contributed by atoms with Crippen molar-refractivity contribution in [2.75, 3.05) is 6.61 Å². The van der Waals surface area contributed by atoms with Crippen LogP contribution in [-0.2, 0) is 11.2 Å². The van der Waals surface area contributed by atoms with Gasteiger partial charge in [-0.15, -0.1) is 0 Å². The minimum Gasteiger partial charge on any atom is -0.493 e. The van der Waals surface area contributed by atoms with Gasteiger partial charge in [-0.2, -0.15) is 0 Å². The Morgan fingerprint density at radius 2 is 2.27 bits per heavy atom. The summed E-state index contributed by atoms with van der Waals surface area (Å²) in [4.78, 5) is 10.5. The van der Waals surface area contributed by atoms with Gasteiger partial charge in [0.1, 0.15) is 11.6 Å². The minimum absolute atomic E-state index is 0.216. The van der Waals surface area contributed by atoms with E-state index in [1.54, 1.807) is 0 Å². The molecule has 0 aromatic heterocycles. The number of aliphatic carboxylic acids is 1. The fourth-order valence-electron chi connectivity index (χ4n) is 1.56. The molecule has 0 saturated carbocycles. The molecule has 1 heterocycles. The van der Waals surface area contributed by atoms with E-state index in [-0.39, 0.29) is 5.56 Å². The fraction of sp³-hybridized carbons (Fsp3) is 0.300. The second-order valence-corrected chi connectivity index (χ2v) is 3.32. The van der Waals surface area contributed by atoms with Gasteiger partial charge in [0.15, 0.2) is 6.10 Å². The highest BCUT2D eigenvalue weighted by Gasteiger charge is 2.24. The lowest BCUT2D eigenvalue weighted by atomic mass is 10.0. The van der Waals surface area contributed by atoms with E-state index >= 15 is 0 Å². The van der Waals surface area contributed by atoms with Crippen molar-refractivity contribution < 1.29 is 24.1 Å². The van der Waals surface area contributed by atoms with Gasteiger partial charge < -0.3 is 14.9 Å². The summed E-state index contributed by atoms with van der Waals surface area (Å²) in [6.45, 7) is 0.460. The number of ether oxygens (including phenoxy) is 1. The zero-order valence-electron chi connectivity index (χ0n) is 7.74. The molecule has 0 bridgehead atoms. The number of aliphatic hydroxyl groups excluding tert-OH is 1. The lowest BCUT2D eigenvalue weighted by Crippen LogP contribution is -2.12. The number of carboxylic acids is 1. The van der Waals surface area contributed by atoms with Crippen LogP contribution in [0.25, 0.3) is 0 Å². The highest BCUT2D eigenvalue weighted by molar-refractivity contribution is 5.74. The van der Waals surface area contributed by atoms with E-state index in [1.165, 1.54) is 6.07 Å². The Bertz CT molecular complexity index is 416. The molecule has 1 aromatic carbocycles. The normalized spacial score (nSPS) is 15.6. The van der Waals surface area contributed by atoms with Gasteiger partial charge in [-0.05, 0) is 11.6 Å². The molecule has 0 saturated heterocycles. The SMILES string of the molecule is O=C(O)C(O)c1cc2c(cc1F)OCC2. The lowest BCUT2D eigenvalue weighted by Gasteiger charge is -2.08. The third-order valence-corrected chi connectivity index (χ3v) is 2.34. The first-order chi connectivity index (χ1) is 7.09. The molecular formula is C10H9FO4. The van der Waals surface area contributed by atoms with Gasteiger partial charge in [-0.1, -0.05) is 0 Å². The number of carbonyl (C=O) groups is 1. The molecule has 0 aliphatic carbocycles. The zero-order valence-corrected chi connectivity index (χ0v) is 7.74. The maximum absolute atomic E-state index is 13.4. The average Bonchev–Trinajstić information content (AvgIpc) is 2.62. The van der Waals surface area contributed by atoms with Crippen LogP contribution in [0.5, 0.6) is 5.75 Å². The predicted octanol–water partition coefficient (Wildman–Crippen LogP) is 0.879. The first-order valence-electron chi connectivity index (χ1n) is 4.45. The number of fused-ring (bicyclic) bond motifs is 1. The molecular weight excluding hydrogens is 203 g/mol. The van der Waals surface area contributed by atoms with E-state index in [2.05, 4.69) is 0 Å². The van der Waals surface area contributed by atoms with Crippen molar-refractivity contribution in [3.05, 3.63) is 29.1 Å². The molecule has 0 spiro atoms. The summed E-state index contributed by atoms with van der Waals surface area (Å²) in [5.41, 5.74) is 0.512. The van der Waals surface area contributed by atoms with Crippen LogP contribution in [0.1, 0.15) is 17.2 Å². The lowest BCUT2D eigenvalue weighted by molar-refractivity contribution is -0.147. The molecule has 4 nitrogen and oxygen atoms in total. The number of benzene rings is 1. The van der Waals surface area contributed by atoms with Crippen LogP contribution < -0.4 is 4.74 Å². The second kappa shape index (κ2) is 3.51. The largest absolute Gasteiger partial charge is 0.493 e. The third-order valence-electron chi connectivity index (χ3n) is 2.34. The van der Waals surface area contributed by atoms with Crippen LogP contribution in [0.15, 0.2) is 12.1 Å². The molecule has 1 atom stereocenters. The maximum Gasteiger partial charge on any atom is 0.337 e. The second-order valence-electron chi connectivity index (χ2n) is 3.32. The van der Waals surface area contributed by atoms with E-state index in [4.69, 9.17) is 9.84 Å². The molecule has 0 fully saturated rings. The Kier molecular flexibility index (Phi) is 2.32. The molecule has 1 aliphatic rings. The topological polar surface area (TPSA) is 66.8 Å². The van der Waals surface area contributed by atoms with Crippen molar-refractivity contribution >= 4 is 5.97 Å². The first-order valence-corrected chi connectivity index (χ1v) is 4.45. The Morgan fingerprint density at radius 1 is 1.53 bits per heavy atom. The van der Waals surface area contributed by atoms with Gasteiger partial charge in [-0.25, -0.2) is 9.18 Å². The van der Waals surface area contributed by atoms with E-state index in [9.17, 15) is 14.3 Å². The highest BCUT2D eigenvalue weighted by atomic mass is 19.1. The van der Waals surface area contributed by atoms with Crippen LogP contribution >= 0.6 is 0 Å². The third kappa shape index (κ3) is 1.66. The van der Waals surface area contributed by atoms with Crippen molar-refractivity contribution in [3.63, 3.8) is 0 Å². The fourth-order valence-corrected chi connectivity index (χ4v) is 1.56. The van der Waals surface area contributed by atoms with Crippen LogP contribution in [0.4, 0.5) is 4.39 Å². The zero-order chi connectivity index (χ0) is 11.0. The van der Waals surface area contributed by atoms with Crippen LogP contribution in [-0.4, -0.2) is 22.8 Å². The van der Waals surface area contributed by atoms with Crippen molar-refractivity contribution in [2.24, 2.45) is 0 Å². The molecule has 2 rings (SSSR count). The van der Waals surface area contributed by atoms with Gasteiger partial charge in [0.2, 0.25) is 0 Å². The van der Waals surface area contributed by atoms with Gasteiger partial charge in [-0.3, -0.25) is 0 Å². The van der Waals surface area contributed by atoms with E-state index < -0.39 is 17.9 Å². The van der Waals surface area contributed by atoms with Gasteiger partial charge in [0, 0.05) is 18.1 Å².